The molecule has 7 heteroatoms. The quantitative estimate of drug-likeness (QED) is 0.709. The first-order valence-electron chi connectivity index (χ1n) is 8.49. The van der Waals surface area contributed by atoms with Crippen LogP contribution in [0.3, 0.4) is 0 Å². The molecule has 0 bridgehead atoms. The van der Waals surface area contributed by atoms with E-state index in [1.54, 1.807) is 25.1 Å². The summed E-state index contributed by atoms with van der Waals surface area (Å²) in [6.07, 6.45) is 0. The number of amides is 2. The molecule has 1 heterocycles. The number of benzene rings is 1. The Morgan fingerprint density at radius 1 is 1.20 bits per heavy atom. The van der Waals surface area contributed by atoms with Crippen molar-refractivity contribution in [2.24, 2.45) is 0 Å². The topological polar surface area (TPSA) is 81.1 Å². The van der Waals surface area contributed by atoms with Gasteiger partial charge in [-0.25, -0.2) is 0 Å². The zero-order chi connectivity index (χ0) is 18.6. The Labute approximate surface area is 148 Å². The fourth-order valence-electron chi connectivity index (χ4n) is 2.46. The Hall–Kier alpha value is -2.28. The van der Waals surface area contributed by atoms with Crippen molar-refractivity contribution in [2.75, 3.05) is 32.1 Å². The van der Waals surface area contributed by atoms with Crippen LogP contribution in [0.25, 0.3) is 0 Å². The molecule has 1 unspecified atom stereocenters. The van der Waals surface area contributed by atoms with Crippen LogP contribution in [0, 0.1) is 0 Å². The lowest BCUT2D eigenvalue weighted by Crippen LogP contribution is -3.15. The average Bonchev–Trinajstić information content (AvgIpc) is 2.52. The number of anilines is 1. The molecule has 0 aliphatic carbocycles. The lowest BCUT2D eigenvalue weighted by Gasteiger charge is -2.24. The lowest BCUT2D eigenvalue weighted by molar-refractivity contribution is -0.885. The van der Waals surface area contributed by atoms with Crippen LogP contribution in [0.5, 0.6) is 11.5 Å². The van der Waals surface area contributed by atoms with Crippen LogP contribution in [0.1, 0.15) is 27.7 Å². The van der Waals surface area contributed by atoms with Gasteiger partial charge < -0.3 is 25.0 Å². The highest BCUT2D eigenvalue weighted by Gasteiger charge is 2.26. The van der Waals surface area contributed by atoms with Gasteiger partial charge in [0.25, 0.3) is 11.8 Å². The highest BCUT2D eigenvalue weighted by Crippen LogP contribution is 2.32. The second kappa shape index (κ2) is 7.74. The molecule has 0 saturated carbocycles. The lowest BCUT2D eigenvalue weighted by atomic mass is 10.1. The van der Waals surface area contributed by atoms with Gasteiger partial charge >= 0.3 is 0 Å². The predicted octanol–water partition coefficient (Wildman–Crippen LogP) is 0.214. The molecule has 1 aliphatic rings. The van der Waals surface area contributed by atoms with Gasteiger partial charge in [-0.05, 0) is 39.8 Å². The number of carbonyl (C=O) groups is 2. The number of hydrogen-bond donors (Lipinski definition) is 3. The largest absolute Gasteiger partial charge is 0.486 e. The summed E-state index contributed by atoms with van der Waals surface area (Å²) in [5, 5.41) is 5.77. The van der Waals surface area contributed by atoms with Crippen LogP contribution in [0.4, 0.5) is 5.69 Å². The molecule has 3 N–H and O–H groups in total. The van der Waals surface area contributed by atoms with E-state index in [1.165, 1.54) is 0 Å². The fraction of sp³-hybridized carbons (Fsp3) is 0.556. The fourth-order valence-corrected chi connectivity index (χ4v) is 2.46. The number of nitrogens with one attached hydrogen (secondary N) is 3. The highest BCUT2D eigenvalue weighted by atomic mass is 16.6. The maximum atomic E-state index is 12.5. The van der Waals surface area contributed by atoms with Crippen LogP contribution in [0.2, 0.25) is 0 Å². The Kier molecular flexibility index (Phi) is 5.89. The van der Waals surface area contributed by atoms with Gasteiger partial charge in [0.15, 0.2) is 24.1 Å². The van der Waals surface area contributed by atoms with E-state index in [0.29, 0.717) is 30.4 Å². The summed E-state index contributed by atoms with van der Waals surface area (Å²) in [5.74, 6) is 1.07. The average molecular weight is 350 g/mol. The molecule has 138 valence electrons. The number of hydrogen-bond acceptors (Lipinski definition) is 4. The molecule has 2 atom stereocenters. The Morgan fingerprint density at radius 2 is 1.84 bits per heavy atom. The van der Waals surface area contributed by atoms with E-state index in [-0.39, 0.29) is 29.9 Å². The maximum Gasteiger partial charge on any atom is 0.282 e. The standard InChI is InChI=1S/C18H27N3O4/c1-12(21(5)11-16(22)20-18(2,3)4)17(23)19-13-6-7-14-15(10-13)25-9-8-24-14/h6-7,10,12H,8-9,11H2,1-5H3,(H,19,23)(H,20,22)/p+1/t12-/m1/s1. The minimum Gasteiger partial charge on any atom is -0.486 e. The molecular formula is C18H28N3O4+. The van der Waals surface area contributed by atoms with E-state index in [2.05, 4.69) is 10.6 Å². The Bertz CT molecular complexity index is 640. The molecule has 0 spiro atoms. The molecule has 0 saturated heterocycles. The third-order valence-electron chi connectivity index (χ3n) is 3.90. The van der Waals surface area contributed by atoms with Crippen molar-refractivity contribution in [2.45, 2.75) is 39.3 Å². The summed E-state index contributed by atoms with van der Waals surface area (Å²) in [6, 6.07) is 4.93. The number of likely N-dealkylation sites (N-methyl/N-ethyl adjacent to an activating group) is 1. The molecule has 2 amide bonds. The zero-order valence-electron chi connectivity index (χ0n) is 15.6. The van der Waals surface area contributed by atoms with Crippen molar-refractivity contribution < 1.29 is 24.0 Å². The number of quaternary nitrogens is 1. The third kappa shape index (κ3) is 5.63. The van der Waals surface area contributed by atoms with Gasteiger partial charge in [-0.3, -0.25) is 9.59 Å². The minimum absolute atomic E-state index is 0.0796. The molecule has 2 rings (SSSR count). The second-order valence-corrected chi connectivity index (χ2v) is 7.39. The molecule has 1 aliphatic heterocycles. The molecule has 0 aromatic heterocycles. The molecule has 0 radical (unpaired) electrons. The summed E-state index contributed by atoms with van der Waals surface area (Å²) in [4.78, 5) is 25.3. The van der Waals surface area contributed by atoms with Crippen molar-refractivity contribution in [3.8, 4) is 11.5 Å². The van der Waals surface area contributed by atoms with Crippen LogP contribution in [-0.2, 0) is 9.59 Å². The maximum absolute atomic E-state index is 12.5. The first-order valence-corrected chi connectivity index (χ1v) is 8.49. The monoisotopic (exact) mass is 350 g/mol. The number of carbonyl (C=O) groups excluding carboxylic acids is 2. The summed E-state index contributed by atoms with van der Waals surface area (Å²) >= 11 is 0. The number of rotatable bonds is 5. The van der Waals surface area contributed by atoms with E-state index >= 15 is 0 Å². The SMILES string of the molecule is C[C@H](C(=O)Nc1ccc2c(c1)OCCO2)[NH+](C)CC(=O)NC(C)(C)C. The predicted molar refractivity (Wildman–Crippen MR) is 95.2 cm³/mol. The number of fused-ring (bicyclic) bond motifs is 1. The van der Waals surface area contributed by atoms with Gasteiger partial charge in [0, 0.05) is 17.3 Å². The van der Waals surface area contributed by atoms with Crippen LogP contribution < -0.4 is 25.0 Å². The van der Waals surface area contributed by atoms with Crippen molar-refractivity contribution in [3.63, 3.8) is 0 Å². The normalized spacial score (nSPS) is 15.9. The number of ether oxygens (including phenoxy) is 2. The van der Waals surface area contributed by atoms with Crippen LogP contribution in [0.15, 0.2) is 18.2 Å². The first kappa shape index (κ1) is 19.1. The molecule has 7 nitrogen and oxygen atoms in total. The van der Waals surface area contributed by atoms with E-state index in [1.807, 2.05) is 27.8 Å². The zero-order valence-corrected chi connectivity index (χ0v) is 15.6. The van der Waals surface area contributed by atoms with Crippen LogP contribution in [-0.4, -0.2) is 50.2 Å². The van der Waals surface area contributed by atoms with E-state index in [9.17, 15) is 9.59 Å². The van der Waals surface area contributed by atoms with Crippen molar-refractivity contribution in [3.05, 3.63) is 18.2 Å². The summed E-state index contributed by atoms with van der Waals surface area (Å²) in [7, 11) is 1.83. The summed E-state index contributed by atoms with van der Waals surface area (Å²) < 4.78 is 11.0. The van der Waals surface area contributed by atoms with Crippen molar-refractivity contribution in [1.82, 2.24) is 5.32 Å². The smallest absolute Gasteiger partial charge is 0.282 e. The Morgan fingerprint density at radius 3 is 2.48 bits per heavy atom. The summed E-state index contributed by atoms with van der Waals surface area (Å²) in [6.45, 7) is 8.84. The van der Waals surface area contributed by atoms with E-state index < -0.39 is 0 Å². The van der Waals surface area contributed by atoms with Crippen molar-refractivity contribution in [1.29, 1.82) is 0 Å². The molecular weight excluding hydrogens is 322 g/mol. The molecule has 1 aromatic rings. The van der Waals surface area contributed by atoms with Gasteiger partial charge in [-0.15, -0.1) is 0 Å². The van der Waals surface area contributed by atoms with E-state index in [4.69, 9.17) is 9.47 Å². The van der Waals surface area contributed by atoms with Gasteiger partial charge in [-0.1, -0.05) is 0 Å². The molecule has 25 heavy (non-hydrogen) atoms. The van der Waals surface area contributed by atoms with Crippen LogP contribution >= 0.6 is 0 Å². The third-order valence-corrected chi connectivity index (χ3v) is 3.90. The van der Waals surface area contributed by atoms with Gasteiger partial charge in [0.2, 0.25) is 0 Å². The molecule has 1 aromatic carbocycles. The van der Waals surface area contributed by atoms with Gasteiger partial charge in [-0.2, -0.15) is 0 Å². The highest BCUT2D eigenvalue weighted by molar-refractivity contribution is 5.94. The van der Waals surface area contributed by atoms with Gasteiger partial charge in [0.1, 0.15) is 13.2 Å². The minimum atomic E-state index is -0.376. The van der Waals surface area contributed by atoms with E-state index in [0.717, 1.165) is 4.90 Å². The molecule has 0 fully saturated rings. The van der Waals surface area contributed by atoms with Gasteiger partial charge in [0.05, 0.1) is 7.05 Å². The first-order chi connectivity index (χ1) is 11.7. The van der Waals surface area contributed by atoms with Crippen molar-refractivity contribution >= 4 is 17.5 Å². The second-order valence-electron chi connectivity index (χ2n) is 7.39. The Balaban J connectivity index is 1.92. The summed E-state index contributed by atoms with van der Waals surface area (Å²) in [5.41, 5.74) is 0.363.